The third-order valence-electron chi connectivity index (χ3n) is 3.01. The summed E-state index contributed by atoms with van der Waals surface area (Å²) in [6.45, 7) is 5.17. The lowest BCUT2D eigenvalue weighted by Gasteiger charge is -2.25. The van der Waals surface area contributed by atoms with Crippen molar-refractivity contribution in [2.45, 2.75) is 45.2 Å². The highest BCUT2D eigenvalue weighted by Gasteiger charge is 2.38. The van der Waals surface area contributed by atoms with Gasteiger partial charge in [-0.2, -0.15) is 13.2 Å². The van der Waals surface area contributed by atoms with Crippen LogP contribution < -0.4 is 10.1 Å². The van der Waals surface area contributed by atoms with Crippen LogP contribution in [0.15, 0.2) is 24.3 Å². The van der Waals surface area contributed by atoms with E-state index in [9.17, 15) is 13.2 Å². The van der Waals surface area contributed by atoms with Gasteiger partial charge in [0.25, 0.3) is 0 Å². The van der Waals surface area contributed by atoms with E-state index in [1.807, 2.05) is 13.8 Å². The molecule has 0 aliphatic heterocycles. The maximum absolute atomic E-state index is 12.7. The number of ether oxygens (including phenoxy) is 2. The van der Waals surface area contributed by atoms with Crippen LogP contribution in [0.1, 0.15) is 32.4 Å². The summed E-state index contributed by atoms with van der Waals surface area (Å²) in [5, 5.41) is 3.11. The van der Waals surface area contributed by atoms with Crippen LogP contribution in [0.3, 0.4) is 0 Å². The number of rotatable bonds is 7. The summed E-state index contributed by atoms with van der Waals surface area (Å²) in [6, 6.07) is 7.05. The highest BCUT2D eigenvalue weighted by atomic mass is 19.4. The smallest absolute Gasteiger partial charge is 0.414 e. The van der Waals surface area contributed by atoms with E-state index in [0.29, 0.717) is 17.9 Å². The normalized spacial score (nSPS) is 15.0. The van der Waals surface area contributed by atoms with Gasteiger partial charge in [0.15, 0.2) is 6.10 Å². The molecule has 0 spiro atoms. The van der Waals surface area contributed by atoms with E-state index in [-0.39, 0.29) is 6.04 Å². The van der Waals surface area contributed by atoms with Crippen molar-refractivity contribution >= 4 is 0 Å². The molecule has 1 N–H and O–H groups in total. The first-order chi connectivity index (χ1) is 9.74. The molecule has 2 unspecified atom stereocenters. The van der Waals surface area contributed by atoms with Gasteiger partial charge >= 0.3 is 6.18 Å². The van der Waals surface area contributed by atoms with Crippen LogP contribution in [-0.2, 0) is 4.74 Å². The Morgan fingerprint density at radius 2 is 1.86 bits per heavy atom. The van der Waals surface area contributed by atoms with Gasteiger partial charge in [0.1, 0.15) is 5.75 Å². The van der Waals surface area contributed by atoms with Crippen LogP contribution >= 0.6 is 0 Å². The standard InChI is InChI=1S/C15H22F3NO2/c1-10(2)19-9-14(21-11(3)15(16,17)18)12-6-5-7-13(8-12)20-4/h5-8,10-11,14,19H,9H2,1-4H3. The lowest BCUT2D eigenvalue weighted by molar-refractivity contribution is -0.227. The van der Waals surface area contributed by atoms with E-state index < -0.39 is 18.4 Å². The molecule has 2 atom stereocenters. The summed E-state index contributed by atoms with van der Waals surface area (Å²) < 4.78 is 48.4. The predicted molar refractivity (Wildman–Crippen MR) is 75.5 cm³/mol. The fraction of sp³-hybridized carbons (Fsp3) is 0.600. The molecule has 0 bridgehead atoms. The van der Waals surface area contributed by atoms with Crippen molar-refractivity contribution in [1.82, 2.24) is 5.32 Å². The molecule has 0 saturated heterocycles. The summed E-state index contributed by atoms with van der Waals surface area (Å²) in [5.74, 6) is 0.588. The quantitative estimate of drug-likeness (QED) is 0.833. The van der Waals surface area contributed by atoms with Crippen LogP contribution in [0.25, 0.3) is 0 Å². The first-order valence-corrected chi connectivity index (χ1v) is 6.83. The minimum absolute atomic E-state index is 0.155. The van der Waals surface area contributed by atoms with Crippen LogP contribution in [0.5, 0.6) is 5.75 Å². The number of methoxy groups -OCH3 is 1. The van der Waals surface area contributed by atoms with Crippen LogP contribution in [0, 0.1) is 0 Å². The highest BCUT2D eigenvalue weighted by Crippen LogP contribution is 2.29. The van der Waals surface area contributed by atoms with Crippen molar-refractivity contribution in [1.29, 1.82) is 0 Å². The van der Waals surface area contributed by atoms with Crippen molar-refractivity contribution in [3.8, 4) is 5.75 Å². The highest BCUT2D eigenvalue weighted by molar-refractivity contribution is 5.30. The fourth-order valence-corrected chi connectivity index (χ4v) is 1.75. The van der Waals surface area contributed by atoms with Crippen molar-refractivity contribution in [3.05, 3.63) is 29.8 Å². The second-order valence-electron chi connectivity index (χ2n) is 5.15. The second-order valence-corrected chi connectivity index (χ2v) is 5.15. The van der Waals surface area contributed by atoms with Crippen LogP contribution in [-0.4, -0.2) is 32.0 Å². The summed E-state index contributed by atoms with van der Waals surface area (Å²) in [4.78, 5) is 0. The number of halogens is 3. The molecule has 21 heavy (non-hydrogen) atoms. The van der Waals surface area contributed by atoms with Gasteiger partial charge in [0.2, 0.25) is 0 Å². The lowest BCUT2D eigenvalue weighted by atomic mass is 10.1. The van der Waals surface area contributed by atoms with Crippen molar-refractivity contribution in [2.75, 3.05) is 13.7 Å². The summed E-state index contributed by atoms with van der Waals surface area (Å²) in [7, 11) is 1.51. The minimum Gasteiger partial charge on any atom is -0.497 e. The monoisotopic (exact) mass is 305 g/mol. The van der Waals surface area contributed by atoms with E-state index in [1.54, 1.807) is 24.3 Å². The Bertz CT molecular complexity index is 435. The maximum Gasteiger partial charge on any atom is 0.414 e. The third kappa shape index (κ3) is 5.93. The molecule has 0 aliphatic carbocycles. The maximum atomic E-state index is 12.7. The molecular weight excluding hydrogens is 283 g/mol. The summed E-state index contributed by atoms with van der Waals surface area (Å²) in [6.07, 6.45) is -6.91. The van der Waals surface area contributed by atoms with Crippen molar-refractivity contribution < 1.29 is 22.6 Å². The van der Waals surface area contributed by atoms with Gasteiger partial charge < -0.3 is 14.8 Å². The molecule has 0 aliphatic rings. The van der Waals surface area contributed by atoms with Gasteiger partial charge in [0, 0.05) is 12.6 Å². The number of benzene rings is 1. The molecule has 3 nitrogen and oxygen atoms in total. The zero-order valence-corrected chi connectivity index (χ0v) is 12.7. The van der Waals surface area contributed by atoms with Gasteiger partial charge in [-0.25, -0.2) is 0 Å². The van der Waals surface area contributed by atoms with Crippen molar-refractivity contribution in [2.24, 2.45) is 0 Å². The molecule has 0 amide bonds. The van der Waals surface area contributed by atoms with E-state index in [1.165, 1.54) is 7.11 Å². The molecule has 0 aromatic heterocycles. The molecule has 120 valence electrons. The first-order valence-electron chi connectivity index (χ1n) is 6.83. The van der Waals surface area contributed by atoms with Gasteiger partial charge in [0.05, 0.1) is 13.2 Å². The molecule has 0 radical (unpaired) electrons. The molecule has 1 aromatic rings. The fourth-order valence-electron chi connectivity index (χ4n) is 1.75. The third-order valence-corrected chi connectivity index (χ3v) is 3.01. The van der Waals surface area contributed by atoms with E-state index in [4.69, 9.17) is 9.47 Å². The number of hydrogen-bond donors (Lipinski definition) is 1. The second kappa shape index (κ2) is 7.66. The average molecular weight is 305 g/mol. The number of hydrogen-bond acceptors (Lipinski definition) is 3. The molecule has 1 aromatic carbocycles. The summed E-state index contributed by atoms with van der Waals surface area (Å²) >= 11 is 0. The molecule has 0 fully saturated rings. The molecular formula is C15H22F3NO2. The number of nitrogens with one attached hydrogen (secondary N) is 1. The van der Waals surface area contributed by atoms with E-state index in [0.717, 1.165) is 6.92 Å². The van der Waals surface area contributed by atoms with Gasteiger partial charge in [-0.3, -0.25) is 0 Å². The van der Waals surface area contributed by atoms with E-state index in [2.05, 4.69) is 5.32 Å². The Labute approximate surface area is 123 Å². The Morgan fingerprint density at radius 1 is 1.19 bits per heavy atom. The van der Waals surface area contributed by atoms with Crippen LogP contribution in [0.4, 0.5) is 13.2 Å². The molecule has 6 heteroatoms. The number of alkyl halides is 3. The molecule has 0 heterocycles. The molecule has 0 saturated carbocycles. The molecule has 1 rings (SSSR count). The average Bonchev–Trinajstić information content (AvgIpc) is 2.41. The Morgan fingerprint density at radius 3 is 2.38 bits per heavy atom. The summed E-state index contributed by atoms with van der Waals surface area (Å²) in [5.41, 5.74) is 0.651. The topological polar surface area (TPSA) is 30.5 Å². The predicted octanol–water partition coefficient (Wildman–Crippen LogP) is 3.70. The Kier molecular flexibility index (Phi) is 6.48. The van der Waals surface area contributed by atoms with Crippen LogP contribution in [0.2, 0.25) is 0 Å². The zero-order chi connectivity index (χ0) is 16.0. The zero-order valence-electron chi connectivity index (χ0n) is 12.7. The Balaban J connectivity index is 2.90. The Hall–Kier alpha value is -1.27. The minimum atomic E-state index is -4.38. The van der Waals surface area contributed by atoms with Crippen molar-refractivity contribution in [3.63, 3.8) is 0 Å². The van der Waals surface area contributed by atoms with Gasteiger partial charge in [-0.05, 0) is 24.6 Å². The van der Waals surface area contributed by atoms with E-state index >= 15 is 0 Å². The SMILES string of the molecule is COc1cccc(C(CNC(C)C)OC(C)C(F)(F)F)c1. The largest absolute Gasteiger partial charge is 0.497 e. The van der Waals surface area contributed by atoms with Gasteiger partial charge in [-0.1, -0.05) is 26.0 Å². The first kappa shape index (κ1) is 17.8. The lowest BCUT2D eigenvalue weighted by Crippen LogP contribution is -2.35. The van der Waals surface area contributed by atoms with Gasteiger partial charge in [-0.15, -0.1) is 0 Å².